The van der Waals surface area contributed by atoms with Crippen LogP contribution in [0.1, 0.15) is 16.8 Å². The molecular formula is C11H14F2N2O2. The molecule has 6 heteroatoms. The number of benzene rings is 1. The lowest BCUT2D eigenvalue weighted by Crippen LogP contribution is -2.28. The summed E-state index contributed by atoms with van der Waals surface area (Å²) in [5, 5.41) is 8.62. The van der Waals surface area contributed by atoms with Crippen molar-refractivity contribution in [3.63, 3.8) is 0 Å². The van der Waals surface area contributed by atoms with Crippen molar-refractivity contribution in [2.45, 2.75) is 6.42 Å². The molecule has 0 aliphatic carbocycles. The van der Waals surface area contributed by atoms with Crippen LogP contribution in [0.3, 0.4) is 0 Å². The zero-order valence-corrected chi connectivity index (χ0v) is 9.41. The van der Waals surface area contributed by atoms with Gasteiger partial charge >= 0.3 is 0 Å². The van der Waals surface area contributed by atoms with Crippen molar-refractivity contribution in [3.05, 3.63) is 29.3 Å². The highest BCUT2D eigenvalue weighted by molar-refractivity contribution is 5.94. The van der Waals surface area contributed by atoms with Gasteiger partial charge in [0, 0.05) is 25.8 Å². The van der Waals surface area contributed by atoms with E-state index in [0.717, 1.165) is 12.1 Å². The minimum absolute atomic E-state index is 0.0535. The van der Waals surface area contributed by atoms with Crippen molar-refractivity contribution >= 4 is 11.6 Å². The fourth-order valence-corrected chi connectivity index (χ4v) is 1.34. The van der Waals surface area contributed by atoms with Crippen molar-refractivity contribution in [2.75, 3.05) is 25.9 Å². The Hall–Kier alpha value is -1.69. The Balaban J connectivity index is 2.89. The van der Waals surface area contributed by atoms with Crippen molar-refractivity contribution in [2.24, 2.45) is 0 Å². The molecule has 0 saturated heterocycles. The van der Waals surface area contributed by atoms with Gasteiger partial charge in [-0.2, -0.15) is 0 Å². The van der Waals surface area contributed by atoms with Gasteiger partial charge in [-0.15, -0.1) is 0 Å². The second-order valence-corrected chi connectivity index (χ2v) is 3.66. The predicted molar refractivity (Wildman–Crippen MR) is 59.4 cm³/mol. The van der Waals surface area contributed by atoms with E-state index >= 15 is 0 Å². The van der Waals surface area contributed by atoms with Gasteiger partial charge in [0.2, 0.25) is 0 Å². The van der Waals surface area contributed by atoms with Crippen molar-refractivity contribution in [3.8, 4) is 0 Å². The SMILES string of the molecule is CN(CCCO)C(=O)c1cc(F)c(N)c(F)c1. The third-order valence-electron chi connectivity index (χ3n) is 2.32. The third kappa shape index (κ3) is 3.13. The Morgan fingerprint density at radius 1 is 1.41 bits per heavy atom. The Bertz CT molecular complexity index is 401. The number of nitrogen functional groups attached to an aromatic ring is 1. The molecule has 94 valence electrons. The average Bonchev–Trinajstić information content (AvgIpc) is 2.31. The second kappa shape index (κ2) is 5.58. The molecule has 0 atom stereocenters. The van der Waals surface area contributed by atoms with Gasteiger partial charge in [0.1, 0.15) is 17.3 Å². The molecular weight excluding hydrogens is 230 g/mol. The van der Waals surface area contributed by atoms with Crippen LogP contribution < -0.4 is 5.73 Å². The first-order chi connectivity index (χ1) is 7.97. The number of aliphatic hydroxyl groups is 1. The predicted octanol–water partition coefficient (Wildman–Crippen LogP) is 1.00. The summed E-state index contributed by atoms with van der Waals surface area (Å²) in [6, 6.07) is 1.80. The van der Waals surface area contributed by atoms with Gasteiger partial charge in [-0.1, -0.05) is 0 Å². The molecule has 0 aliphatic heterocycles. The van der Waals surface area contributed by atoms with E-state index in [1.807, 2.05) is 0 Å². The Morgan fingerprint density at radius 3 is 2.41 bits per heavy atom. The molecule has 0 saturated carbocycles. The largest absolute Gasteiger partial charge is 0.396 e. The fraction of sp³-hybridized carbons (Fsp3) is 0.364. The smallest absolute Gasteiger partial charge is 0.253 e. The van der Waals surface area contributed by atoms with E-state index in [2.05, 4.69) is 0 Å². The van der Waals surface area contributed by atoms with E-state index in [-0.39, 0.29) is 12.2 Å². The van der Waals surface area contributed by atoms with E-state index in [0.29, 0.717) is 13.0 Å². The maximum Gasteiger partial charge on any atom is 0.253 e. The summed E-state index contributed by atoms with van der Waals surface area (Å²) in [5.74, 6) is -2.43. The van der Waals surface area contributed by atoms with Crippen LogP contribution in [0.5, 0.6) is 0 Å². The Morgan fingerprint density at radius 2 is 1.94 bits per heavy atom. The van der Waals surface area contributed by atoms with Crippen molar-refractivity contribution in [1.29, 1.82) is 0 Å². The number of carbonyl (C=O) groups is 1. The topological polar surface area (TPSA) is 66.6 Å². The highest BCUT2D eigenvalue weighted by atomic mass is 19.1. The summed E-state index contributed by atoms with van der Waals surface area (Å²) < 4.78 is 26.3. The van der Waals surface area contributed by atoms with Gasteiger partial charge in [0.05, 0.1) is 0 Å². The molecule has 0 unspecified atom stereocenters. The second-order valence-electron chi connectivity index (χ2n) is 3.66. The molecule has 1 aromatic carbocycles. The number of anilines is 1. The number of aliphatic hydroxyl groups excluding tert-OH is 1. The number of hydrogen-bond acceptors (Lipinski definition) is 3. The van der Waals surface area contributed by atoms with E-state index in [1.165, 1.54) is 11.9 Å². The molecule has 0 heterocycles. The highest BCUT2D eigenvalue weighted by Gasteiger charge is 2.16. The number of halogens is 2. The minimum atomic E-state index is -0.955. The molecule has 0 spiro atoms. The molecule has 0 aromatic heterocycles. The summed E-state index contributed by atoms with van der Waals surface area (Å²) in [7, 11) is 1.49. The van der Waals surface area contributed by atoms with Crippen LogP contribution in [-0.2, 0) is 0 Å². The van der Waals surface area contributed by atoms with Crippen LogP contribution in [0.2, 0.25) is 0 Å². The number of rotatable bonds is 4. The van der Waals surface area contributed by atoms with Crippen LogP contribution in [0, 0.1) is 11.6 Å². The molecule has 1 aromatic rings. The van der Waals surface area contributed by atoms with Gasteiger partial charge in [0.15, 0.2) is 0 Å². The Kier molecular flexibility index (Phi) is 4.39. The summed E-state index contributed by atoms with van der Waals surface area (Å²) >= 11 is 0. The lowest BCUT2D eigenvalue weighted by molar-refractivity contribution is 0.0785. The van der Waals surface area contributed by atoms with Crippen LogP contribution in [-0.4, -0.2) is 36.1 Å². The normalized spacial score (nSPS) is 10.4. The first kappa shape index (κ1) is 13.4. The van der Waals surface area contributed by atoms with Gasteiger partial charge in [-0.25, -0.2) is 8.78 Å². The molecule has 0 radical (unpaired) electrons. The summed E-state index contributed by atoms with van der Waals surface area (Å²) in [4.78, 5) is 13.0. The number of carbonyl (C=O) groups excluding carboxylic acids is 1. The quantitative estimate of drug-likeness (QED) is 0.776. The van der Waals surface area contributed by atoms with Gasteiger partial charge in [-0.3, -0.25) is 4.79 Å². The number of nitrogens with zero attached hydrogens (tertiary/aromatic N) is 1. The summed E-state index contributed by atoms with van der Waals surface area (Å²) in [6.45, 7) is 0.255. The zero-order valence-electron chi connectivity index (χ0n) is 9.41. The van der Waals surface area contributed by atoms with Gasteiger partial charge < -0.3 is 15.7 Å². The maximum atomic E-state index is 13.1. The summed E-state index contributed by atoms with van der Waals surface area (Å²) in [6.07, 6.45) is 0.405. The molecule has 1 amide bonds. The molecule has 0 aliphatic rings. The molecule has 4 nitrogen and oxygen atoms in total. The fourth-order valence-electron chi connectivity index (χ4n) is 1.34. The number of hydrogen-bond donors (Lipinski definition) is 2. The molecule has 0 bridgehead atoms. The van der Waals surface area contributed by atoms with Crippen LogP contribution >= 0.6 is 0 Å². The molecule has 1 rings (SSSR count). The van der Waals surface area contributed by atoms with Crippen molar-refractivity contribution in [1.82, 2.24) is 4.90 Å². The maximum absolute atomic E-state index is 13.1. The zero-order chi connectivity index (χ0) is 13.0. The van der Waals surface area contributed by atoms with Gasteiger partial charge in [-0.05, 0) is 18.6 Å². The van der Waals surface area contributed by atoms with Crippen LogP contribution in [0.25, 0.3) is 0 Å². The van der Waals surface area contributed by atoms with Crippen molar-refractivity contribution < 1.29 is 18.7 Å². The lowest BCUT2D eigenvalue weighted by Gasteiger charge is -2.16. The summed E-state index contributed by atoms with van der Waals surface area (Å²) in [5.41, 5.74) is 4.40. The van der Waals surface area contributed by atoms with Crippen LogP contribution in [0.4, 0.5) is 14.5 Å². The molecule has 3 N–H and O–H groups in total. The highest BCUT2D eigenvalue weighted by Crippen LogP contribution is 2.18. The molecule has 0 fully saturated rings. The standard InChI is InChI=1S/C11H14F2N2O2/c1-15(3-2-4-16)11(17)7-5-8(12)10(14)9(13)6-7/h5-6,16H,2-4,14H2,1H3. The van der Waals surface area contributed by atoms with E-state index in [4.69, 9.17) is 10.8 Å². The van der Waals surface area contributed by atoms with Crippen LogP contribution in [0.15, 0.2) is 12.1 Å². The molecule has 17 heavy (non-hydrogen) atoms. The van der Waals surface area contributed by atoms with E-state index in [9.17, 15) is 13.6 Å². The van der Waals surface area contributed by atoms with E-state index in [1.54, 1.807) is 0 Å². The lowest BCUT2D eigenvalue weighted by atomic mass is 10.1. The minimum Gasteiger partial charge on any atom is -0.396 e. The Labute approximate surface area is 97.6 Å². The first-order valence-electron chi connectivity index (χ1n) is 5.08. The van der Waals surface area contributed by atoms with E-state index < -0.39 is 23.2 Å². The third-order valence-corrected chi connectivity index (χ3v) is 2.32. The number of amides is 1. The number of nitrogens with two attached hydrogens (primary N) is 1. The first-order valence-corrected chi connectivity index (χ1v) is 5.08. The monoisotopic (exact) mass is 244 g/mol. The van der Waals surface area contributed by atoms with Gasteiger partial charge in [0.25, 0.3) is 5.91 Å². The average molecular weight is 244 g/mol.